The smallest absolute Gasteiger partial charge is 0.305 e. The van der Waals surface area contributed by atoms with Crippen molar-refractivity contribution in [3.8, 4) is 5.75 Å². The molecule has 0 saturated heterocycles. The number of hydrogen-bond donors (Lipinski definition) is 3. The van der Waals surface area contributed by atoms with Crippen molar-refractivity contribution in [3.63, 3.8) is 0 Å². The predicted molar refractivity (Wildman–Crippen MR) is 111 cm³/mol. The normalized spacial score (nSPS) is 12.8. The number of carbonyl (C=O) groups excluding carboxylic acids is 3. The number of alkyl halides is 1. The maximum absolute atomic E-state index is 12.7. The second-order valence-corrected chi connectivity index (χ2v) is 7.31. The van der Waals surface area contributed by atoms with Crippen molar-refractivity contribution in [1.29, 1.82) is 0 Å². The average molecular weight is 432 g/mol. The molecule has 0 saturated carbocycles. The standard InChI is InChI=1S/C22H25FN2O6/c1-13(2)21(22(30)24-16(10-20(28)29)17(26)11-23)25-19(27)12-31-18-9-5-7-14-6-3-4-8-15(14)18/h3-9,13,16,21H,10-12H2,1-2H3,(H,24,30)(H,25,27)(H,28,29)/t16-,21-/m0/s1. The molecule has 0 unspecified atom stereocenters. The number of benzene rings is 2. The summed E-state index contributed by atoms with van der Waals surface area (Å²) in [6.45, 7) is 1.57. The average Bonchev–Trinajstić information content (AvgIpc) is 2.74. The highest BCUT2D eigenvalue weighted by atomic mass is 19.1. The molecule has 2 rings (SSSR count). The van der Waals surface area contributed by atoms with E-state index in [-0.39, 0.29) is 12.5 Å². The van der Waals surface area contributed by atoms with Crippen LogP contribution in [0.4, 0.5) is 4.39 Å². The molecule has 0 aliphatic carbocycles. The molecule has 0 aromatic heterocycles. The third-order valence-corrected chi connectivity index (χ3v) is 4.59. The lowest BCUT2D eigenvalue weighted by atomic mass is 10.0. The number of rotatable bonds is 11. The van der Waals surface area contributed by atoms with Crippen LogP contribution in [0.1, 0.15) is 20.3 Å². The van der Waals surface area contributed by atoms with Gasteiger partial charge in [-0.15, -0.1) is 0 Å². The summed E-state index contributed by atoms with van der Waals surface area (Å²) >= 11 is 0. The van der Waals surface area contributed by atoms with Gasteiger partial charge in [0.15, 0.2) is 12.4 Å². The highest BCUT2D eigenvalue weighted by Gasteiger charge is 2.30. The SMILES string of the molecule is CC(C)[C@H](NC(=O)COc1cccc2ccccc12)C(=O)N[C@@H](CC(=O)O)C(=O)CF. The van der Waals surface area contributed by atoms with E-state index in [1.165, 1.54) is 0 Å². The van der Waals surface area contributed by atoms with Crippen LogP contribution in [-0.2, 0) is 19.2 Å². The van der Waals surface area contributed by atoms with Gasteiger partial charge in [-0.25, -0.2) is 4.39 Å². The molecule has 2 aromatic rings. The highest BCUT2D eigenvalue weighted by molar-refractivity contribution is 5.95. The molecule has 166 valence electrons. The first-order chi connectivity index (χ1) is 14.7. The topological polar surface area (TPSA) is 122 Å². The minimum atomic E-state index is -1.51. The molecule has 0 heterocycles. The molecule has 2 atom stereocenters. The summed E-state index contributed by atoms with van der Waals surface area (Å²) in [4.78, 5) is 47.4. The van der Waals surface area contributed by atoms with Crippen LogP contribution in [0.25, 0.3) is 10.8 Å². The number of carboxylic acid groups (broad SMARTS) is 1. The monoisotopic (exact) mass is 432 g/mol. The molecule has 3 N–H and O–H groups in total. The Kier molecular flexibility index (Phi) is 8.48. The number of carboxylic acids is 1. The minimum absolute atomic E-state index is 0.355. The number of carbonyl (C=O) groups is 4. The number of amides is 2. The van der Waals surface area contributed by atoms with Crippen LogP contribution < -0.4 is 15.4 Å². The second kappa shape index (κ2) is 11.1. The van der Waals surface area contributed by atoms with Gasteiger partial charge >= 0.3 is 5.97 Å². The number of fused-ring (bicyclic) bond motifs is 1. The van der Waals surface area contributed by atoms with Crippen LogP contribution in [0, 0.1) is 5.92 Å². The molecule has 31 heavy (non-hydrogen) atoms. The van der Waals surface area contributed by atoms with E-state index in [9.17, 15) is 23.6 Å². The van der Waals surface area contributed by atoms with Gasteiger partial charge in [0, 0.05) is 5.39 Å². The van der Waals surface area contributed by atoms with Gasteiger partial charge in [-0.05, 0) is 17.4 Å². The lowest BCUT2D eigenvalue weighted by Gasteiger charge is -2.24. The summed E-state index contributed by atoms with van der Waals surface area (Å²) < 4.78 is 18.3. The molecular formula is C22H25FN2O6. The Balaban J connectivity index is 2.02. The molecule has 0 fully saturated rings. The van der Waals surface area contributed by atoms with E-state index in [4.69, 9.17) is 9.84 Å². The molecule has 8 nitrogen and oxygen atoms in total. The van der Waals surface area contributed by atoms with Crippen LogP contribution in [-0.4, -0.2) is 54.0 Å². The fourth-order valence-electron chi connectivity index (χ4n) is 2.99. The molecule has 0 aliphatic heterocycles. The summed E-state index contributed by atoms with van der Waals surface area (Å²) in [5, 5.41) is 15.4. The second-order valence-electron chi connectivity index (χ2n) is 7.31. The van der Waals surface area contributed by atoms with Crippen LogP contribution in [0.2, 0.25) is 0 Å². The quantitative estimate of drug-likeness (QED) is 0.498. The van der Waals surface area contributed by atoms with Crippen molar-refractivity contribution in [3.05, 3.63) is 42.5 Å². The van der Waals surface area contributed by atoms with E-state index in [1.54, 1.807) is 26.0 Å². The zero-order chi connectivity index (χ0) is 23.0. The zero-order valence-electron chi connectivity index (χ0n) is 17.3. The van der Waals surface area contributed by atoms with E-state index in [2.05, 4.69) is 10.6 Å². The summed E-state index contributed by atoms with van der Waals surface area (Å²) in [5.41, 5.74) is 0. The van der Waals surface area contributed by atoms with Crippen LogP contribution in [0.3, 0.4) is 0 Å². The third kappa shape index (κ3) is 6.77. The van der Waals surface area contributed by atoms with Crippen molar-refractivity contribution in [2.24, 2.45) is 5.92 Å². The molecule has 9 heteroatoms. The Morgan fingerprint density at radius 1 is 1.03 bits per heavy atom. The van der Waals surface area contributed by atoms with Crippen LogP contribution in [0.15, 0.2) is 42.5 Å². The molecule has 0 aliphatic rings. The number of halogens is 1. The summed E-state index contributed by atoms with van der Waals surface area (Å²) in [5.74, 6) is -3.64. The minimum Gasteiger partial charge on any atom is -0.483 e. The first-order valence-corrected chi connectivity index (χ1v) is 9.73. The lowest BCUT2D eigenvalue weighted by molar-refractivity contribution is -0.141. The van der Waals surface area contributed by atoms with Gasteiger partial charge in [0.1, 0.15) is 24.5 Å². The van der Waals surface area contributed by atoms with E-state index in [0.717, 1.165) is 10.8 Å². The molecule has 2 aromatic carbocycles. The third-order valence-electron chi connectivity index (χ3n) is 4.59. The summed E-state index contributed by atoms with van der Waals surface area (Å²) in [6, 6.07) is 10.4. The highest BCUT2D eigenvalue weighted by Crippen LogP contribution is 2.24. The summed E-state index contributed by atoms with van der Waals surface area (Å²) in [6.07, 6.45) is -0.753. The fraction of sp³-hybridized carbons (Fsp3) is 0.364. The Bertz CT molecular complexity index is 957. The lowest BCUT2D eigenvalue weighted by Crippen LogP contribution is -2.55. The largest absolute Gasteiger partial charge is 0.483 e. The fourth-order valence-corrected chi connectivity index (χ4v) is 2.99. The predicted octanol–water partition coefficient (Wildman–Crippen LogP) is 1.86. The number of nitrogens with one attached hydrogen (secondary N) is 2. The maximum atomic E-state index is 12.7. The van der Waals surface area contributed by atoms with Gasteiger partial charge in [-0.1, -0.05) is 50.2 Å². The molecule has 0 radical (unpaired) electrons. The Morgan fingerprint density at radius 2 is 1.71 bits per heavy atom. The molecule has 0 spiro atoms. The maximum Gasteiger partial charge on any atom is 0.305 e. The number of ketones is 1. The number of ether oxygens (including phenoxy) is 1. The van der Waals surface area contributed by atoms with Crippen molar-refractivity contribution < 1.29 is 33.4 Å². The molecule has 0 bridgehead atoms. The molecular weight excluding hydrogens is 407 g/mol. The van der Waals surface area contributed by atoms with Gasteiger partial charge in [0.05, 0.1) is 6.42 Å². The first kappa shape index (κ1) is 23.8. The number of hydrogen-bond acceptors (Lipinski definition) is 5. The summed E-state index contributed by atoms with van der Waals surface area (Å²) in [7, 11) is 0. The van der Waals surface area contributed by atoms with E-state index >= 15 is 0 Å². The van der Waals surface area contributed by atoms with Gasteiger partial charge in [-0.3, -0.25) is 19.2 Å². The molecule has 2 amide bonds. The Hall–Kier alpha value is -3.49. The van der Waals surface area contributed by atoms with E-state index < -0.39 is 48.7 Å². The van der Waals surface area contributed by atoms with Gasteiger partial charge in [0.25, 0.3) is 5.91 Å². The van der Waals surface area contributed by atoms with E-state index in [1.807, 2.05) is 30.3 Å². The van der Waals surface area contributed by atoms with Gasteiger partial charge in [-0.2, -0.15) is 0 Å². The van der Waals surface area contributed by atoms with Crippen molar-refractivity contribution in [1.82, 2.24) is 10.6 Å². The van der Waals surface area contributed by atoms with Crippen LogP contribution >= 0.6 is 0 Å². The van der Waals surface area contributed by atoms with Crippen molar-refractivity contribution >= 4 is 34.3 Å². The number of aliphatic carboxylic acids is 1. The van der Waals surface area contributed by atoms with Crippen molar-refractivity contribution in [2.45, 2.75) is 32.4 Å². The van der Waals surface area contributed by atoms with Crippen molar-refractivity contribution in [2.75, 3.05) is 13.3 Å². The van der Waals surface area contributed by atoms with Gasteiger partial charge in [0.2, 0.25) is 5.91 Å². The first-order valence-electron chi connectivity index (χ1n) is 9.73. The number of Topliss-reactive ketones (excluding diaryl/α,β-unsaturated/α-hetero) is 1. The zero-order valence-corrected chi connectivity index (χ0v) is 17.3. The Morgan fingerprint density at radius 3 is 2.35 bits per heavy atom. The van der Waals surface area contributed by atoms with E-state index in [0.29, 0.717) is 5.75 Å². The Labute approximate surface area is 178 Å². The van der Waals surface area contributed by atoms with Crippen LogP contribution in [0.5, 0.6) is 5.75 Å². The van der Waals surface area contributed by atoms with Gasteiger partial charge < -0.3 is 20.5 Å².